The Bertz CT molecular complexity index is 815. The van der Waals surface area contributed by atoms with E-state index in [4.69, 9.17) is 5.73 Å². The maximum atomic E-state index is 13.8. The van der Waals surface area contributed by atoms with Crippen molar-refractivity contribution in [3.05, 3.63) is 52.5 Å². The number of hydrogen-bond acceptors (Lipinski definition) is 4. The Morgan fingerprint density at radius 1 is 1.05 bits per heavy atom. The van der Waals surface area contributed by atoms with Crippen molar-refractivity contribution >= 4 is 44.3 Å². The van der Waals surface area contributed by atoms with E-state index in [0.29, 0.717) is 11.0 Å². The van der Waals surface area contributed by atoms with Crippen LogP contribution in [0.5, 0.6) is 0 Å². The summed E-state index contributed by atoms with van der Waals surface area (Å²) in [5, 5.41) is 2.74. The minimum absolute atomic E-state index is 0.0488. The molecule has 21 heavy (non-hydrogen) atoms. The molecule has 0 atom stereocenters. The lowest BCUT2D eigenvalue weighted by molar-refractivity contribution is 0.584. The van der Waals surface area contributed by atoms with Gasteiger partial charge in [-0.1, -0.05) is 12.1 Å². The van der Waals surface area contributed by atoms with Crippen LogP contribution in [0.25, 0.3) is 11.0 Å². The molecule has 3 N–H and O–H groups in total. The van der Waals surface area contributed by atoms with Crippen LogP contribution >= 0.6 is 15.9 Å². The van der Waals surface area contributed by atoms with E-state index in [-0.39, 0.29) is 21.8 Å². The summed E-state index contributed by atoms with van der Waals surface area (Å²) in [5.74, 6) is -1.09. The van der Waals surface area contributed by atoms with Crippen LogP contribution in [0.4, 0.5) is 26.1 Å². The zero-order chi connectivity index (χ0) is 15.0. The average molecular weight is 351 g/mol. The number of benzene rings is 2. The Morgan fingerprint density at radius 3 is 2.38 bits per heavy atom. The summed E-state index contributed by atoms with van der Waals surface area (Å²) >= 11 is 3.10. The van der Waals surface area contributed by atoms with E-state index in [1.54, 1.807) is 12.1 Å². The van der Waals surface area contributed by atoms with Gasteiger partial charge in [-0.05, 0) is 34.1 Å². The first-order chi connectivity index (χ1) is 10.0. The van der Waals surface area contributed by atoms with Gasteiger partial charge in [0.2, 0.25) is 0 Å². The summed E-state index contributed by atoms with van der Waals surface area (Å²) in [6.45, 7) is 0. The van der Waals surface area contributed by atoms with E-state index in [9.17, 15) is 8.78 Å². The average Bonchev–Trinajstić information content (AvgIpc) is 2.43. The van der Waals surface area contributed by atoms with Crippen LogP contribution in [0, 0.1) is 11.6 Å². The van der Waals surface area contributed by atoms with E-state index in [1.807, 2.05) is 12.1 Å². The third kappa shape index (κ3) is 2.64. The lowest BCUT2D eigenvalue weighted by Gasteiger charge is -2.11. The smallest absolute Gasteiger partial charge is 0.174 e. The Morgan fingerprint density at radius 2 is 1.71 bits per heavy atom. The molecule has 0 saturated carbocycles. The lowest BCUT2D eigenvalue weighted by Crippen LogP contribution is -2.04. The summed E-state index contributed by atoms with van der Waals surface area (Å²) in [7, 11) is 0. The highest BCUT2D eigenvalue weighted by atomic mass is 79.9. The summed E-state index contributed by atoms with van der Waals surface area (Å²) in [4.78, 5) is 8.48. The number of aromatic nitrogens is 2. The Hall–Kier alpha value is -2.28. The monoisotopic (exact) mass is 350 g/mol. The van der Waals surface area contributed by atoms with Crippen LogP contribution in [0.2, 0.25) is 0 Å². The van der Waals surface area contributed by atoms with Crippen molar-refractivity contribution in [3.8, 4) is 0 Å². The van der Waals surface area contributed by atoms with Gasteiger partial charge < -0.3 is 11.1 Å². The number of rotatable bonds is 2. The topological polar surface area (TPSA) is 63.8 Å². The first-order valence-electron chi connectivity index (χ1n) is 5.98. The molecule has 1 aromatic heterocycles. The second-order valence-electron chi connectivity index (χ2n) is 4.32. The van der Waals surface area contributed by atoms with Crippen LogP contribution in [0.15, 0.2) is 40.9 Å². The maximum absolute atomic E-state index is 13.8. The van der Waals surface area contributed by atoms with Crippen LogP contribution in [-0.4, -0.2) is 9.97 Å². The number of para-hydroxylation sites is 2. The van der Waals surface area contributed by atoms with Gasteiger partial charge in [0, 0.05) is 10.5 Å². The molecule has 0 aliphatic rings. The van der Waals surface area contributed by atoms with Crippen molar-refractivity contribution in [2.24, 2.45) is 0 Å². The second-order valence-corrected chi connectivity index (χ2v) is 5.17. The molecule has 0 radical (unpaired) electrons. The Balaban J connectivity index is 2.08. The largest absolute Gasteiger partial charge is 0.381 e. The third-order valence-corrected chi connectivity index (χ3v) is 3.47. The second kappa shape index (κ2) is 5.25. The molecule has 1 heterocycles. The number of nitrogens with zero attached hydrogens (tertiary/aromatic N) is 2. The van der Waals surface area contributed by atoms with Gasteiger partial charge >= 0.3 is 0 Å². The molecular weight excluding hydrogens is 342 g/mol. The molecule has 0 amide bonds. The number of fused-ring (bicyclic) bond motifs is 1. The number of halogens is 3. The van der Waals surface area contributed by atoms with Gasteiger partial charge in [-0.3, -0.25) is 0 Å². The molecule has 7 heteroatoms. The molecule has 0 saturated heterocycles. The molecule has 0 bridgehead atoms. The third-order valence-electron chi connectivity index (χ3n) is 2.85. The fourth-order valence-electron chi connectivity index (χ4n) is 1.89. The Kier molecular flexibility index (Phi) is 3.42. The minimum atomic E-state index is -0.753. The van der Waals surface area contributed by atoms with Gasteiger partial charge in [0.15, 0.2) is 17.5 Å². The fourth-order valence-corrected chi connectivity index (χ4v) is 2.39. The molecule has 2 aromatic carbocycles. The zero-order valence-corrected chi connectivity index (χ0v) is 12.2. The number of nitrogens with one attached hydrogen (secondary N) is 1. The van der Waals surface area contributed by atoms with Gasteiger partial charge in [0.1, 0.15) is 5.82 Å². The Labute approximate surface area is 127 Å². The molecule has 3 rings (SSSR count). The lowest BCUT2D eigenvalue weighted by atomic mass is 10.3. The van der Waals surface area contributed by atoms with Crippen molar-refractivity contribution in [2.75, 3.05) is 11.1 Å². The van der Waals surface area contributed by atoms with Crippen molar-refractivity contribution < 1.29 is 8.78 Å². The van der Waals surface area contributed by atoms with E-state index < -0.39 is 11.6 Å². The predicted octanol–water partition coefficient (Wildman–Crippen LogP) is 4.00. The quantitative estimate of drug-likeness (QED) is 0.733. The van der Waals surface area contributed by atoms with Crippen LogP contribution in [0.1, 0.15) is 0 Å². The molecule has 0 aliphatic carbocycles. The molecule has 4 nitrogen and oxygen atoms in total. The van der Waals surface area contributed by atoms with Gasteiger partial charge in [0.05, 0.1) is 16.7 Å². The highest BCUT2D eigenvalue weighted by molar-refractivity contribution is 9.10. The fraction of sp³-hybridized carbons (Fsp3) is 0. The summed E-state index contributed by atoms with van der Waals surface area (Å²) in [6.07, 6.45) is 0. The molecular formula is C14H9BrF2N4. The van der Waals surface area contributed by atoms with Crippen LogP contribution < -0.4 is 11.1 Å². The predicted molar refractivity (Wildman–Crippen MR) is 81.3 cm³/mol. The first-order valence-corrected chi connectivity index (χ1v) is 6.78. The van der Waals surface area contributed by atoms with Crippen LogP contribution in [-0.2, 0) is 0 Å². The number of nitrogens with two attached hydrogens (primary N) is 1. The first kappa shape index (κ1) is 13.7. The maximum Gasteiger partial charge on any atom is 0.174 e. The molecule has 0 fully saturated rings. The standard InChI is InChI=1S/C14H9BrF2N4/c15-8-5-7(16)6-9(17)12(8)21-14-13(18)19-10-3-1-2-4-11(10)20-14/h1-6H,(H2,18,19)(H,20,21). The summed E-state index contributed by atoms with van der Waals surface area (Å²) < 4.78 is 27.1. The van der Waals surface area contributed by atoms with Gasteiger partial charge in [0.25, 0.3) is 0 Å². The van der Waals surface area contributed by atoms with E-state index >= 15 is 0 Å². The normalized spacial score (nSPS) is 10.8. The minimum Gasteiger partial charge on any atom is -0.381 e. The highest BCUT2D eigenvalue weighted by Crippen LogP contribution is 2.31. The summed E-state index contributed by atoms with van der Waals surface area (Å²) in [5.41, 5.74) is 7.12. The SMILES string of the molecule is Nc1nc2ccccc2nc1Nc1c(F)cc(F)cc1Br. The molecule has 0 aliphatic heterocycles. The molecule has 3 aromatic rings. The van der Waals surface area contributed by atoms with Gasteiger partial charge in [-0.2, -0.15) is 0 Å². The van der Waals surface area contributed by atoms with E-state index in [1.165, 1.54) is 0 Å². The van der Waals surface area contributed by atoms with Crippen LogP contribution in [0.3, 0.4) is 0 Å². The van der Waals surface area contributed by atoms with Crippen molar-refractivity contribution in [3.63, 3.8) is 0 Å². The highest BCUT2D eigenvalue weighted by Gasteiger charge is 2.13. The van der Waals surface area contributed by atoms with E-state index in [0.717, 1.165) is 12.1 Å². The zero-order valence-electron chi connectivity index (χ0n) is 10.6. The number of anilines is 3. The number of hydrogen-bond donors (Lipinski definition) is 2. The molecule has 106 valence electrons. The number of nitrogen functional groups attached to an aromatic ring is 1. The van der Waals surface area contributed by atoms with Crippen molar-refractivity contribution in [2.45, 2.75) is 0 Å². The van der Waals surface area contributed by atoms with Crippen molar-refractivity contribution in [1.82, 2.24) is 9.97 Å². The van der Waals surface area contributed by atoms with Gasteiger partial charge in [-0.15, -0.1) is 0 Å². The summed E-state index contributed by atoms with van der Waals surface area (Å²) in [6, 6.07) is 9.10. The molecule has 0 unspecified atom stereocenters. The van der Waals surface area contributed by atoms with Crippen molar-refractivity contribution in [1.29, 1.82) is 0 Å². The molecule has 0 spiro atoms. The van der Waals surface area contributed by atoms with E-state index in [2.05, 4.69) is 31.2 Å². The van der Waals surface area contributed by atoms with Gasteiger partial charge in [-0.25, -0.2) is 18.7 Å².